The molecule has 0 aliphatic heterocycles. The molecule has 88 valence electrons. The van der Waals surface area contributed by atoms with Crippen molar-refractivity contribution in [2.45, 2.75) is 20.3 Å². The van der Waals surface area contributed by atoms with Crippen molar-refractivity contribution in [3.63, 3.8) is 0 Å². The molecule has 0 fully saturated rings. The second kappa shape index (κ2) is 5.95. The van der Waals surface area contributed by atoms with Crippen molar-refractivity contribution < 1.29 is 9.53 Å². The molecule has 0 aromatic carbocycles. The zero-order valence-electron chi connectivity index (χ0n) is 9.62. The predicted octanol–water partition coefficient (Wildman–Crippen LogP) is 1.34. The lowest BCUT2D eigenvalue weighted by atomic mass is 10.2. The summed E-state index contributed by atoms with van der Waals surface area (Å²) >= 11 is 0. The normalized spacial score (nSPS) is 9.88. The van der Waals surface area contributed by atoms with E-state index < -0.39 is 0 Å². The Morgan fingerprint density at radius 3 is 3.00 bits per heavy atom. The van der Waals surface area contributed by atoms with Gasteiger partial charge in [0.05, 0.1) is 24.9 Å². The topological polar surface area (TPSA) is 77.2 Å². The first-order valence-corrected chi connectivity index (χ1v) is 5.25. The molecule has 0 bridgehead atoms. The third-order valence-electron chi connectivity index (χ3n) is 2.09. The van der Waals surface area contributed by atoms with Gasteiger partial charge in [-0.3, -0.25) is 4.79 Å². The molecule has 0 unspecified atom stereocenters. The fourth-order valence-electron chi connectivity index (χ4n) is 1.19. The van der Waals surface area contributed by atoms with E-state index in [0.717, 1.165) is 11.4 Å². The highest BCUT2D eigenvalue weighted by Crippen LogP contribution is 2.12. The quantitative estimate of drug-likeness (QED) is 0.736. The van der Waals surface area contributed by atoms with Crippen LogP contribution in [0, 0.1) is 6.92 Å². The molecular formula is C11H17N3O2. The molecule has 0 saturated heterocycles. The summed E-state index contributed by atoms with van der Waals surface area (Å²) in [6.07, 6.45) is 1.93. The summed E-state index contributed by atoms with van der Waals surface area (Å²) < 4.78 is 4.80. The Hall–Kier alpha value is -1.78. The van der Waals surface area contributed by atoms with Crippen LogP contribution >= 0.6 is 0 Å². The summed E-state index contributed by atoms with van der Waals surface area (Å²) in [6, 6.07) is 1.85. The van der Waals surface area contributed by atoms with Crippen LogP contribution in [0.1, 0.15) is 18.9 Å². The highest BCUT2D eigenvalue weighted by atomic mass is 16.5. The molecule has 5 nitrogen and oxygen atoms in total. The Bertz CT molecular complexity index is 366. The highest BCUT2D eigenvalue weighted by molar-refractivity contribution is 5.70. The molecule has 1 heterocycles. The lowest BCUT2D eigenvalue weighted by Gasteiger charge is -2.07. The van der Waals surface area contributed by atoms with E-state index in [0.29, 0.717) is 25.3 Å². The van der Waals surface area contributed by atoms with E-state index in [1.54, 1.807) is 13.1 Å². The Kier molecular flexibility index (Phi) is 4.57. The van der Waals surface area contributed by atoms with Crippen molar-refractivity contribution in [3.8, 4) is 0 Å². The van der Waals surface area contributed by atoms with Crippen LogP contribution in [0.2, 0.25) is 0 Å². The van der Waals surface area contributed by atoms with Crippen molar-refractivity contribution >= 4 is 17.5 Å². The van der Waals surface area contributed by atoms with Crippen molar-refractivity contribution in [1.29, 1.82) is 0 Å². The molecule has 0 spiro atoms. The number of rotatable bonds is 5. The van der Waals surface area contributed by atoms with Crippen LogP contribution in [0.3, 0.4) is 0 Å². The average Bonchev–Trinajstić information content (AvgIpc) is 2.24. The van der Waals surface area contributed by atoms with Crippen LogP contribution in [-0.2, 0) is 9.53 Å². The number of carbonyl (C=O) groups is 1. The number of anilines is 2. The van der Waals surface area contributed by atoms with Gasteiger partial charge in [0.2, 0.25) is 0 Å². The molecule has 1 aromatic heterocycles. The van der Waals surface area contributed by atoms with E-state index in [9.17, 15) is 4.79 Å². The molecule has 1 aromatic rings. The van der Waals surface area contributed by atoms with Gasteiger partial charge in [0, 0.05) is 6.54 Å². The zero-order valence-corrected chi connectivity index (χ0v) is 9.62. The van der Waals surface area contributed by atoms with Gasteiger partial charge in [0.15, 0.2) is 0 Å². The number of aromatic nitrogens is 1. The van der Waals surface area contributed by atoms with Crippen LogP contribution in [0.15, 0.2) is 12.3 Å². The molecule has 0 aliphatic carbocycles. The van der Waals surface area contributed by atoms with Gasteiger partial charge < -0.3 is 15.8 Å². The van der Waals surface area contributed by atoms with E-state index in [1.807, 2.05) is 13.0 Å². The summed E-state index contributed by atoms with van der Waals surface area (Å²) in [5.41, 5.74) is 7.27. The first-order valence-electron chi connectivity index (χ1n) is 5.25. The summed E-state index contributed by atoms with van der Waals surface area (Å²) in [6.45, 7) is 4.62. The van der Waals surface area contributed by atoms with Gasteiger partial charge in [-0.05, 0) is 25.5 Å². The van der Waals surface area contributed by atoms with Gasteiger partial charge in [0.1, 0.15) is 5.82 Å². The minimum atomic E-state index is -0.206. The second-order valence-corrected chi connectivity index (χ2v) is 3.41. The van der Waals surface area contributed by atoms with Gasteiger partial charge >= 0.3 is 5.97 Å². The summed E-state index contributed by atoms with van der Waals surface area (Å²) in [5, 5.41) is 3.03. The number of ether oxygens (including phenoxy) is 1. The average molecular weight is 223 g/mol. The number of pyridine rings is 1. The first kappa shape index (κ1) is 12.3. The molecule has 0 amide bonds. The van der Waals surface area contributed by atoms with Gasteiger partial charge in [-0.25, -0.2) is 4.98 Å². The lowest BCUT2D eigenvalue weighted by Crippen LogP contribution is -2.12. The van der Waals surface area contributed by atoms with Gasteiger partial charge in [0.25, 0.3) is 0 Å². The standard InChI is InChI=1S/C11H17N3O2/c1-3-16-11(15)4-5-13-10-6-8(2)9(12)7-14-10/h6-7H,3-5,12H2,1-2H3,(H,13,14). The largest absolute Gasteiger partial charge is 0.466 e. The van der Waals surface area contributed by atoms with Crippen LogP contribution in [0.5, 0.6) is 0 Å². The molecular weight excluding hydrogens is 206 g/mol. The summed E-state index contributed by atoms with van der Waals surface area (Å²) in [5.74, 6) is 0.512. The van der Waals surface area contributed by atoms with Gasteiger partial charge in [-0.1, -0.05) is 0 Å². The molecule has 0 atom stereocenters. The van der Waals surface area contributed by atoms with Crippen LogP contribution < -0.4 is 11.1 Å². The Morgan fingerprint density at radius 1 is 1.62 bits per heavy atom. The molecule has 0 radical (unpaired) electrons. The SMILES string of the molecule is CCOC(=O)CCNc1cc(C)c(N)cn1. The van der Waals surface area contributed by atoms with E-state index in [4.69, 9.17) is 10.5 Å². The maximum Gasteiger partial charge on any atom is 0.307 e. The number of hydrogen-bond donors (Lipinski definition) is 2. The van der Waals surface area contributed by atoms with Crippen molar-refractivity contribution in [2.75, 3.05) is 24.2 Å². The Labute approximate surface area is 95.0 Å². The number of nitrogens with zero attached hydrogens (tertiary/aromatic N) is 1. The summed E-state index contributed by atoms with van der Waals surface area (Å²) in [4.78, 5) is 15.1. The van der Waals surface area contributed by atoms with Crippen molar-refractivity contribution in [3.05, 3.63) is 17.8 Å². The molecule has 1 rings (SSSR count). The third kappa shape index (κ3) is 3.76. The monoisotopic (exact) mass is 223 g/mol. The van der Waals surface area contributed by atoms with Crippen molar-refractivity contribution in [2.24, 2.45) is 0 Å². The summed E-state index contributed by atoms with van der Waals surface area (Å²) in [7, 11) is 0. The highest BCUT2D eigenvalue weighted by Gasteiger charge is 2.02. The number of carbonyl (C=O) groups excluding carboxylic acids is 1. The number of nitrogen functional groups attached to an aromatic ring is 1. The minimum Gasteiger partial charge on any atom is -0.466 e. The Morgan fingerprint density at radius 2 is 2.38 bits per heavy atom. The number of nitrogens with two attached hydrogens (primary N) is 1. The van der Waals surface area contributed by atoms with Crippen LogP contribution in [0.25, 0.3) is 0 Å². The molecule has 5 heteroatoms. The van der Waals surface area contributed by atoms with Gasteiger partial charge in [-0.15, -0.1) is 0 Å². The first-order chi connectivity index (χ1) is 7.63. The van der Waals surface area contributed by atoms with E-state index in [2.05, 4.69) is 10.3 Å². The number of nitrogens with one attached hydrogen (secondary N) is 1. The minimum absolute atomic E-state index is 0.206. The lowest BCUT2D eigenvalue weighted by molar-refractivity contribution is -0.142. The maximum absolute atomic E-state index is 11.1. The number of hydrogen-bond acceptors (Lipinski definition) is 5. The van der Waals surface area contributed by atoms with E-state index in [-0.39, 0.29) is 5.97 Å². The molecule has 0 saturated carbocycles. The predicted molar refractivity (Wildman–Crippen MR) is 63.1 cm³/mol. The van der Waals surface area contributed by atoms with Crippen molar-refractivity contribution in [1.82, 2.24) is 4.98 Å². The smallest absolute Gasteiger partial charge is 0.307 e. The maximum atomic E-state index is 11.1. The molecule has 3 N–H and O–H groups in total. The van der Waals surface area contributed by atoms with E-state index >= 15 is 0 Å². The molecule has 16 heavy (non-hydrogen) atoms. The fraction of sp³-hybridized carbons (Fsp3) is 0.455. The third-order valence-corrected chi connectivity index (χ3v) is 2.09. The molecule has 0 aliphatic rings. The number of esters is 1. The fourth-order valence-corrected chi connectivity index (χ4v) is 1.19. The second-order valence-electron chi connectivity index (χ2n) is 3.41. The van der Waals surface area contributed by atoms with Crippen LogP contribution in [-0.4, -0.2) is 24.1 Å². The Balaban J connectivity index is 2.37. The zero-order chi connectivity index (χ0) is 12.0. The van der Waals surface area contributed by atoms with E-state index in [1.165, 1.54) is 0 Å². The van der Waals surface area contributed by atoms with Crippen LogP contribution in [0.4, 0.5) is 11.5 Å². The number of aryl methyl sites for hydroxylation is 1. The van der Waals surface area contributed by atoms with Gasteiger partial charge in [-0.2, -0.15) is 0 Å².